The number of nitrogens with zero attached hydrogens (tertiary/aromatic N) is 2. The molecule has 18 heavy (non-hydrogen) atoms. The first-order valence-electron chi connectivity index (χ1n) is 6.59. The van der Waals surface area contributed by atoms with Gasteiger partial charge in [-0.15, -0.1) is 11.3 Å². The molecule has 1 aromatic rings. The van der Waals surface area contributed by atoms with Crippen molar-refractivity contribution in [3.63, 3.8) is 0 Å². The van der Waals surface area contributed by atoms with E-state index >= 15 is 0 Å². The summed E-state index contributed by atoms with van der Waals surface area (Å²) in [5.41, 5.74) is 0. The van der Waals surface area contributed by atoms with E-state index in [0.717, 1.165) is 32.5 Å². The third kappa shape index (κ3) is 3.45. The number of likely N-dealkylation sites (tertiary alicyclic amines) is 1. The number of rotatable bonds is 3. The Bertz CT molecular complexity index is 370. The number of thiazole rings is 1. The summed E-state index contributed by atoms with van der Waals surface area (Å²) in [6.07, 6.45) is 3.92. The highest BCUT2D eigenvalue weighted by Gasteiger charge is 2.24. The Balaban J connectivity index is 1.78. The van der Waals surface area contributed by atoms with Crippen molar-refractivity contribution < 1.29 is 4.79 Å². The van der Waals surface area contributed by atoms with Crippen molar-refractivity contribution in [2.75, 3.05) is 19.6 Å². The predicted octanol–water partition coefficient (Wildman–Crippen LogP) is 2.69. The lowest BCUT2D eigenvalue weighted by atomic mass is 9.98. The fourth-order valence-corrected chi connectivity index (χ4v) is 2.98. The van der Waals surface area contributed by atoms with Crippen molar-refractivity contribution in [2.45, 2.75) is 32.6 Å². The third-order valence-corrected chi connectivity index (χ3v) is 4.18. The van der Waals surface area contributed by atoms with Gasteiger partial charge in [0, 0.05) is 37.1 Å². The van der Waals surface area contributed by atoms with E-state index in [2.05, 4.69) is 24.1 Å². The van der Waals surface area contributed by atoms with E-state index in [1.807, 2.05) is 16.5 Å². The van der Waals surface area contributed by atoms with Crippen molar-refractivity contribution in [1.29, 1.82) is 0 Å². The van der Waals surface area contributed by atoms with Gasteiger partial charge in [-0.3, -0.25) is 0 Å². The SMILES string of the molecule is CC(C)CNC(=O)N1CCC(c2nccs2)CC1. The Kier molecular flexibility index (Phi) is 4.58. The number of amides is 2. The molecule has 0 radical (unpaired) electrons. The first-order valence-corrected chi connectivity index (χ1v) is 7.47. The maximum atomic E-state index is 11.9. The van der Waals surface area contributed by atoms with Gasteiger partial charge >= 0.3 is 6.03 Å². The van der Waals surface area contributed by atoms with E-state index in [1.165, 1.54) is 5.01 Å². The predicted molar refractivity (Wildman–Crippen MR) is 73.9 cm³/mol. The van der Waals surface area contributed by atoms with E-state index in [-0.39, 0.29) is 6.03 Å². The number of aromatic nitrogens is 1. The van der Waals surface area contributed by atoms with Gasteiger partial charge in [-0.25, -0.2) is 9.78 Å². The quantitative estimate of drug-likeness (QED) is 0.915. The number of carbonyl (C=O) groups is 1. The van der Waals surface area contributed by atoms with Gasteiger partial charge in [-0.1, -0.05) is 13.8 Å². The normalized spacial score (nSPS) is 17.2. The molecule has 100 valence electrons. The molecule has 2 rings (SSSR count). The molecule has 0 unspecified atom stereocenters. The Morgan fingerprint density at radius 1 is 1.56 bits per heavy atom. The van der Waals surface area contributed by atoms with E-state index < -0.39 is 0 Å². The lowest BCUT2D eigenvalue weighted by molar-refractivity contribution is 0.180. The van der Waals surface area contributed by atoms with Crippen molar-refractivity contribution in [3.8, 4) is 0 Å². The Hall–Kier alpha value is -1.10. The number of hydrogen-bond donors (Lipinski definition) is 1. The van der Waals surface area contributed by atoms with Crippen molar-refractivity contribution in [3.05, 3.63) is 16.6 Å². The molecule has 0 atom stereocenters. The highest BCUT2D eigenvalue weighted by Crippen LogP contribution is 2.29. The Morgan fingerprint density at radius 2 is 2.28 bits per heavy atom. The van der Waals surface area contributed by atoms with Gasteiger partial charge < -0.3 is 10.2 Å². The van der Waals surface area contributed by atoms with Gasteiger partial charge in [-0.05, 0) is 18.8 Å². The summed E-state index contributed by atoms with van der Waals surface area (Å²) < 4.78 is 0. The molecule has 1 aliphatic heterocycles. The third-order valence-electron chi connectivity index (χ3n) is 3.24. The molecule has 1 saturated heterocycles. The molecule has 1 N–H and O–H groups in total. The maximum absolute atomic E-state index is 11.9. The average Bonchev–Trinajstić information content (AvgIpc) is 2.90. The van der Waals surface area contributed by atoms with Crippen LogP contribution in [0.4, 0.5) is 4.79 Å². The van der Waals surface area contributed by atoms with E-state index in [4.69, 9.17) is 0 Å². The van der Waals surface area contributed by atoms with Crippen LogP contribution in [-0.2, 0) is 0 Å². The van der Waals surface area contributed by atoms with E-state index in [9.17, 15) is 4.79 Å². The molecule has 1 fully saturated rings. The molecule has 0 saturated carbocycles. The second-order valence-electron chi connectivity index (χ2n) is 5.21. The average molecular weight is 267 g/mol. The molecular weight excluding hydrogens is 246 g/mol. The minimum atomic E-state index is 0.0845. The molecule has 2 heterocycles. The Morgan fingerprint density at radius 3 is 2.83 bits per heavy atom. The molecule has 0 spiro atoms. The van der Waals surface area contributed by atoms with Crippen LogP contribution in [0.2, 0.25) is 0 Å². The molecule has 1 aliphatic rings. The van der Waals surface area contributed by atoms with Gasteiger partial charge in [0.05, 0.1) is 5.01 Å². The summed E-state index contributed by atoms with van der Waals surface area (Å²) in [4.78, 5) is 18.2. The van der Waals surface area contributed by atoms with Gasteiger partial charge in [0.25, 0.3) is 0 Å². The van der Waals surface area contributed by atoms with Crippen LogP contribution in [-0.4, -0.2) is 35.5 Å². The first-order chi connectivity index (χ1) is 8.66. The second-order valence-corrected chi connectivity index (χ2v) is 6.14. The van der Waals surface area contributed by atoms with Crippen LogP contribution < -0.4 is 5.32 Å². The number of urea groups is 1. The smallest absolute Gasteiger partial charge is 0.317 e. The van der Waals surface area contributed by atoms with Gasteiger partial charge in [-0.2, -0.15) is 0 Å². The zero-order chi connectivity index (χ0) is 13.0. The largest absolute Gasteiger partial charge is 0.338 e. The van der Waals surface area contributed by atoms with Gasteiger partial charge in [0.15, 0.2) is 0 Å². The summed E-state index contributed by atoms with van der Waals surface area (Å²) in [7, 11) is 0. The lowest BCUT2D eigenvalue weighted by Gasteiger charge is -2.31. The molecule has 4 nitrogen and oxygen atoms in total. The second kappa shape index (κ2) is 6.18. The molecule has 0 bridgehead atoms. The summed E-state index contributed by atoms with van der Waals surface area (Å²) in [5, 5.41) is 6.22. The van der Waals surface area contributed by atoms with Crippen LogP contribution in [0.3, 0.4) is 0 Å². The monoisotopic (exact) mass is 267 g/mol. The Labute approximate surface area is 112 Å². The maximum Gasteiger partial charge on any atom is 0.317 e. The lowest BCUT2D eigenvalue weighted by Crippen LogP contribution is -2.45. The fraction of sp³-hybridized carbons (Fsp3) is 0.692. The van der Waals surface area contributed by atoms with Crippen LogP contribution >= 0.6 is 11.3 Å². The highest BCUT2D eigenvalue weighted by molar-refractivity contribution is 7.09. The molecule has 2 amide bonds. The summed E-state index contributed by atoms with van der Waals surface area (Å²) in [5.74, 6) is 1.04. The zero-order valence-corrected chi connectivity index (χ0v) is 11.9. The van der Waals surface area contributed by atoms with E-state index in [1.54, 1.807) is 11.3 Å². The van der Waals surface area contributed by atoms with Gasteiger partial charge in [0.1, 0.15) is 0 Å². The van der Waals surface area contributed by atoms with Crippen molar-refractivity contribution in [1.82, 2.24) is 15.2 Å². The highest BCUT2D eigenvalue weighted by atomic mass is 32.1. The van der Waals surface area contributed by atoms with Gasteiger partial charge in [0.2, 0.25) is 0 Å². The minimum absolute atomic E-state index is 0.0845. The number of hydrogen-bond acceptors (Lipinski definition) is 3. The van der Waals surface area contributed by atoms with Crippen LogP contribution in [0, 0.1) is 5.92 Å². The van der Waals surface area contributed by atoms with Crippen LogP contribution in [0.15, 0.2) is 11.6 Å². The number of carbonyl (C=O) groups excluding carboxylic acids is 1. The summed E-state index contributed by atoms with van der Waals surface area (Å²) in [6, 6.07) is 0.0845. The molecule has 1 aromatic heterocycles. The van der Waals surface area contributed by atoms with Crippen LogP contribution in [0.25, 0.3) is 0 Å². The van der Waals surface area contributed by atoms with E-state index in [0.29, 0.717) is 11.8 Å². The number of nitrogens with one attached hydrogen (secondary N) is 1. The molecule has 5 heteroatoms. The minimum Gasteiger partial charge on any atom is -0.338 e. The van der Waals surface area contributed by atoms with Crippen molar-refractivity contribution >= 4 is 17.4 Å². The number of piperidine rings is 1. The summed E-state index contributed by atoms with van der Waals surface area (Å²) >= 11 is 1.72. The molecular formula is C13H21N3OS. The van der Waals surface area contributed by atoms with Crippen LogP contribution in [0.1, 0.15) is 37.6 Å². The first kappa shape index (κ1) is 13.3. The zero-order valence-electron chi connectivity index (χ0n) is 11.1. The van der Waals surface area contributed by atoms with Crippen molar-refractivity contribution in [2.24, 2.45) is 5.92 Å². The molecule has 0 aromatic carbocycles. The topological polar surface area (TPSA) is 45.2 Å². The fourth-order valence-electron chi connectivity index (χ4n) is 2.17. The van der Waals surface area contributed by atoms with Crippen LogP contribution in [0.5, 0.6) is 0 Å². The molecule has 0 aliphatic carbocycles. The summed E-state index contributed by atoms with van der Waals surface area (Å²) in [6.45, 7) is 6.65. The standard InChI is InChI=1S/C13H21N3OS/c1-10(2)9-15-13(17)16-6-3-11(4-7-16)12-14-5-8-18-12/h5,8,10-11H,3-4,6-7,9H2,1-2H3,(H,15,17).